The lowest BCUT2D eigenvalue weighted by Gasteiger charge is -2.19. The summed E-state index contributed by atoms with van der Waals surface area (Å²) in [6.45, 7) is 2.29. The van der Waals surface area contributed by atoms with Gasteiger partial charge in [0.25, 0.3) is 5.91 Å². The summed E-state index contributed by atoms with van der Waals surface area (Å²) in [6, 6.07) is 15.0. The number of nitrogens with zero attached hydrogens (tertiary/aromatic N) is 1. The molecule has 0 saturated heterocycles. The van der Waals surface area contributed by atoms with Crippen molar-refractivity contribution in [1.82, 2.24) is 4.57 Å². The molecule has 3 aromatic carbocycles. The van der Waals surface area contributed by atoms with E-state index in [9.17, 15) is 19.5 Å². The lowest BCUT2D eigenvalue weighted by molar-refractivity contribution is 0.0696. The minimum Gasteiger partial charge on any atom is -0.497 e. The summed E-state index contributed by atoms with van der Waals surface area (Å²) >= 11 is 0. The summed E-state index contributed by atoms with van der Waals surface area (Å²) in [7, 11) is 1.51. The van der Waals surface area contributed by atoms with Crippen LogP contribution in [0.1, 0.15) is 32.4 Å². The summed E-state index contributed by atoms with van der Waals surface area (Å²) in [5.41, 5.74) is 2.39. The summed E-state index contributed by atoms with van der Waals surface area (Å²) < 4.78 is 17.9. The van der Waals surface area contributed by atoms with Crippen molar-refractivity contribution in [1.29, 1.82) is 0 Å². The van der Waals surface area contributed by atoms with Gasteiger partial charge in [-0.05, 0) is 59.7 Å². The molecule has 0 aliphatic carbocycles. The van der Waals surface area contributed by atoms with Crippen LogP contribution in [0.25, 0.3) is 22.0 Å². The van der Waals surface area contributed by atoms with Crippen LogP contribution in [0.4, 0.5) is 5.69 Å². The molecule has 0 fully saturated rings. The molecule has 2 heterocycles. The molecule has 9 heteroatoms. The molecule has 0 unspecified atom stereocenters. The van der Waals surface area contributed by atoms with Gasteiger partial charge in [0.15, 0.2) is 11.5 Å². The highest BCUT2D eigenvalue weighted by Gasteiger charge is 2.20. The van der Waals surface area contributed by atoms with Gasteiger partial charge >= 0.3 is 5.97 Å². The van der Waals surface area contributed by atoms with Crippen LogP contribution in [0, 0.1) is 0 Å². The number of fused-ring (bicyclic) bond motifs is 2. The van der Waals surface area contributed by atoms with Gasteiger partial charge < -0.3 is 24.6 Å². The fourth-order valence-electron chi connectivity index (χ4n) is 4.19. The summed E-state index contributed by atoms with van der Waals surface area (Å²) in [5.74, 6) is -0.169. The molecule has 0 radical (unpaired) electrons. The Morgan fingerprint density at radius 1 is 0.944 bits per heavy atom. The first-order chi connectivity index (χ1) is 17.3. The predicted octanol–water partition coefficient (Wildman–Crippen LogP) is 4.70. The Morgan fingerprint density at radius 3 is 2.44 bits per heavy atom. The van der Waals surface area contributed by atoms with Gasteiger partial charge in [0, 0.05) is 24.2 Å². The van der Waals surface area contributed by atoms with Gasteiger partial charge in [0.2, 0.25) is 5.91 Å². The number of methoxy groups -OCH3 is 1. The molecule has 9 nitrogen and oxygen atoms in total. The molecule has 0 saturated carbocycles. The number of aromatic nitrogens is 1. The molecule has 0 atom stereocenters. The van der Waals surface area contributed by atoms with Crippen LogP contribution < -0.4 is 19.5 Å². The third-order valence-electron chi connectivity index (χ3n) is 5.91. The van der Waals surface area contributed by atoms with E-state index >= 15 is 0 Å². The largest absolute Gasteiger partial charge is 0.497 e. The number of ether oxygens (including phenoxy) is 3. The van der Waals surface area contributed by atoms with Crippen LogP contribution in [0.5, 0.6) is 17.2 Å². The molecule has 2 N–H and O–H groups in total. The molecule has 1 amide bonds. The number of carboxylic acid groups (broad SMARTS) is 1. The number of hydrogen-bond donors (Lipinski definition) is 2. The molecule has 182 valence electrons. The maximum absolute atomic E-state index is 13.3. The molecule has 1 aromatic heterocycles. The van der Waals surface area contributed by atoms with Crippen LogP contribution in [-0.2, 0) is 0 Å². The highest BCUT2D eigenvalue weighted by atomic mass is 16.6. The number of carboxylic acids is 1. The maximum Gasteiger partial charge on any atom is 0.335 e. The van der Waals surface area contributed by atoms with E-state index in [0.717, 1.165) is 0 Å². The molecule has 36 heavy (non-hydrogen) atoms. The van der Waals surface area contributed by atoms with Crippen LogP contribution in [-0.4, -0.2) is 47.8 Å². The molecule has 4 aromatic rings. The normalized spacial score (nSPS) is 12.3. The van der Waals surface area contributed by atoms with Gasteiger partial charge in [0.1, 0.15) is 19.0 Å². The van der Waals surface area contributed by atoms with Gasteiger partial charge in [-0.15, -0.1) is 0 Å². The number of carbonyl (C=O) groups is 3. The number of aromatic carboxylic acids is 1. The Labute approximate surface area is 205 Å². The van der Waals surface area contributed by atoms with Crippen molar-refractivity contribution >= 4 is 34.4 Å². The van der Waals surface area contributed by atoms with Crippen LogP contribution in [0.2, 0.25) is 0 Å². The summed E-state index contributed by atoms with van der Waals surface area (Å²) in [5, 5.41) is 13.0. The van der Waals surface area contributed by atoms with Gasteiger partial charge in [-0.1, -0.05) is 6.07 Å². The lowest BCUT2D eigenvalue weighted by atomic mass is 10.0. The van der Waals surface area contributed by atoms with Crippen molar-refractivity contribution in [3.05, 3.63) is 71.9 Å². The average molecular weight is 486 g/mol. The maximum atomic E-state index is 13.3. The fourth-order valence-corrected chi connectivity index (χ4v) is 4.19. The Kier molecular flexibility index (Phi) is 5.81. The fraction of sp³-hybridized carbons (Fsp3) is 0.148. The Bertz CT molecular complexity index is 1540. The average Bonchev–Trinajstić information content (AvgIpc) is 3.27. The van der Waals surface area contributed by atoms with Gasteiger partial charge in [-0.2, -0.15) is 0 Å². The van der Waals surface area contributed by atoms with E-state index in [1.165, 1.54) is 36.9 Å². The number of nitrogens with one attached hydrogen (secondary N) is 1. The minimum atomic E-state index is -1.14. The van der Waals surface area contributed by atoms with Crippen molar-refractivity contribution < 1.29 is 33.7 Å². The molecule has 0 spiro atoms. The monoisotopic (exact) mass is 486 g/mol. The van der Waals surface area contributed by atoms with E-state index in [4.69, 9.17) is 14.2 Å². The smallest absolute Gasteiger partial charge is 0.335 e. The van der Waals surface area contributed by atoms with Crippen molar-refractivity contribution in [2.45, 2.75) is 6.92 Å². The highest BCUT2D eigenvalue weighted by Crippen LogP contribution is 2.36. The van der Waals surface area contributed by atoms with E-state index in [0.29, 0.717) is 52.5 Å². The number of hydrogen-bond acceptors (Lipinski definition) is 6. The third-order valence-corrected chi connectivity index (χ3v) is 5.91. The first-order valence-corrected chi connectivity index (χ1v) is 11.1. The van der Waals surface area contributed by atoms with Crippen molar-refractivity contribution in [2.24, 2.45) is 0 Å². The number of anilines is 1. The van der Waals surface area contributed by atoms with Crippen molar-refractivity contribution in [3.63, 3.8) is 0 Å². The lowest BCUT2D eigenvalue weighted by Crippen LogP contribution is -2.15. The number of carbonyl (C=O) groups excluding carboxylic acids is 2. The predicted molar refractivity (Wildman–Crippen MR) is 133 cm³/mol. The first kappa shape index (κ1) is 23.0. The van der Waals surface area contributed by atoms with Gasteiger partial charge in [-0.3, -0.25) is 14.2 Å². The summed E-state index contributed by atoms with van der Waals surface area (Å²) in [4.78, 5) is 37.3. The van der Waals surface area contributed by atoms with Crippen LogP contribution in [0.3, 0.4) is 0 Å². The van der Waals surface area contributed by atoms with Crippen LogP contribution >= 0.6 is 0 Å². The second-order valence-corrected chi connectivity index (χ2v) is 8.23. The second-order valence-electron chi connectivity index (χ2n) is 8.23. The Hall–Kier alpha value is -4.79. The van der Waals surface area contributed by atoms with Crippen molar-refractivity contribution in [2.75, 3.05) is 25.6 Å². The number of benzene rings is 3. The molecular formula is C27H22N2O7. The molecule has 1 aliphatic rings. The standard InChI is InChI=1S/C27H22N2O7/c1-15(30)29-14-22(21-13-20(34-2)4-5-23(21)29)26(31)28-19-10-17(9-18(11-19)27(32)33)16-3-6-24-25(12-16)36-8-7-35-24/h3-6,9-14H,7-8H2,1-2H3,(H,28,31)(H,32,33). The second kappa shape index (κ2) is 9.10. The highest BCUT2D eigenvalue weighted by molar-refractivity contribution is 6.15. The Morgan fingerprint density at radius 2 is 1.72 bits per heavy atom. The molecule has 1 aliphatic heterocycles. The number of rotatable bonds is 5. The van der Waals surface area contributed by atoms with Gasteiger partial charge in [0.05, 0.1) is 23.8 Å². The minimum absolute atomic E-state index is 0.00511. The zero-order chi connectivity index (χ0) is 25.4. The van der Waals surface area contributed by atoms with E-state index in [2.05, 4.69) is 5.32 Å². The van der Waals surface area contributed by atoms with Crippen LogP contribution in [0.15, 0.2) is 60.8 Å². The summed E-state index contributed by atoms with van der Waals surface area (Å²) in [6.07, 6.45) is 1.46. The topological polar surface area (TPSA) is 116 Å². The third kappa shape index (κ3) is 4.22. The molecule has 0 bridgehead atoms. The van der Waals surface area contributed by atoms with E-state index in [-0.39, 0.29) is 22.7 Å². The SMILES string of the molecule is COc1ccc2c(c1)c(C(=O)Nc1cc(C(=O)O)cc(-c3ccc4c(c3)OCCO4)c1)cn2C(C)=O. The quantitative estimate of drug-likeness (QED) is 0.420. The number of amides is 1. The van der Waals surface area contributed by atoms with Crippen molar-refractivity contribution in [3.8, 4) is 28.4 Å². The molecular weight excluding hydrogens is 464 g/mol. The van der Waals surface area contributed by atoms with E-state index in [1.807, 2.05) is 0 Å². The van der Waals surface area contributed by atoms with Gasteiger partial charge in [-0.25, -0.2) is 4.79 Å². The Balaban J connectivity index is 1.54. The van der Waals surface area contributed by atoms with E-state index in [1.54, 1.807) is 42.5 Å². The first-order valence-electron chi connectivity index (χ1n) is 11.1. The van der Waals surface area contributed by atoms with E-state index < -0.39 is 11.9 Å². The molecule has 5 rings (SSSR count). The zero-order valence-corrected chi connectivity index (χ0v) is 19.5. The zero-order valence-electron chi connectivity index (χ0n) is 19.5.